The predicted octanol–water partition coefficient (Wildman–Crippen LogP) is 1.48. The van der Waals surface area contributed by atoms with Gasteiger partial charge in [-0.25, -0.2) is 0 Å². The molecule has 0 fully saturated rings. The van der Waals surface area contributed by atoms with Crippen LogP contribution >= 0.6 is 0 Å². The molecule has 0 aliphatic carbocycles. The summed E-state index contributed by atoms with van der Waals surface area (Å²) in [5.74, 6) is 0.0350. The van der Waals surface area contributed by atoms with E-state index in [0.717, 1.165) is 6.42 Å². The normalized spacial score (nSPS) is 11.3. The minimum atomic E-state index is 0.0350. The van der Waals surface area contributed by atoms with Crippen molar-refractivity contribution in [3.8, 4) is 0 Å². The van der Waals surface area contributed by atoms with Gasteiger partial charge >= 0.3 is 0 Å². The molecule has 0 aromatic carbocycles. The summed E-state index contributed by atoms with van der Waals surface area (Å²) in [7, 11) is 0. The number of hydrogen-bond donors (Lipinski definition) is 1. The van der Waals surface area contributed by atoms with Gasteiger partial charge in [-0.05, 0) is 13.3 Å². The lowest BCUT2D eigenvalue weighted by molar-refractivity contribution is -0.118. The van der Waals surface area contributed by atoms with Crippen LogP contribution in [0.4, 0.5) is 0 Å². The van der Waals surface area contributed by atoms with Crippen LogP contribution in [0.1, 0.15) is 27.2 Å². The Labute approximate surface area is 62.3 Å². The van der Waals surface area contributed by atoms with Crippen LogP contribution in [-0.4, -0.2) is 12.5 Å². The first-order valence-electron chi connectivity index (χ1n) is 3.59. The Morgan fingerprint density at radius 2 is 2.20 bits per heavy atom. The highest BCUT2D eigenvalue weighted by atomic mass is 16.1. The van der Waals surface area contributed by atoms with E-state index >= 15 is 0 Å². The van der Waals surface area contributed by atoms with Crippen molar-refractivity contribution in [1.82, 2.24) is 5.32 Å². The molecule has 2 nitrogen and oxygen atoms in total. The van der Waals surface area contributed by atoms with Gasteiger partial charge in [0.1, 0.15) is 0 Å². The summed E-state index contributed by atoms with van der Waals surface area (Å²) >= 11 is 0. The first kappa shape index (κ1) is 9.21. The van der Waals surface area contributed by atoms with Crippen molar-refractivity contribution in [1.29, 1.82) is 0 Å². The minimum absolute atomic E-state index is 0.0350. The highest BCUT2D eigenvalue weighted by molar-refractivity contribution is 5.73. The minimum Gasteiger partial charge on any atom is -0.353 e. The lowest BCUT2D eigenvalue weighted by Gasteiger charge is -2.02. The molecule has 1 N–H and O–H groups in total. The third-order valence-electron chi connectivity index (χ3n) is 1.43. The molecule has 0 saturated carbocycles. The number of carbonyl (C=O) groups is 1. The predicted molar refractivity (Wildman–Crippen MR) is 42.7 cm³/mol. The van der Waals surface area contributed by atoms with E-state index in [1.165, 1.54) is 12.5 Å². The second kappa shape index (κ2) is 5.03. The molecule has 0 unspecified atom stereocenters. The number of nitrogens with one attached hydrogen (secondary N) is 1. The van der Waals surface area contributed by atoms with Crippen LogP contribution < -0.4 is 5.32 Å². The van der Waals surface area contributed by atoms with Gasteiger partial charge in [0.15, 0.2) is 0 Å². The zero-order chi connectivity index (χ0) is 7.98. The maximum absolute atomic E-state index is 10.4. The molecule has 0 heterocycles. The van der Waals surface area contributed by atoms with Crippen molar-refractivity contribution in [3.05, 3.63) is 11.6 Å². The fourth-order valence-electron chi connectivity index (χ4n) is 0.669. The molecule has 0 bridgehead atoms. The average Bonchev–Trinajstić information content (AvgIpc) is 1.90. The summed E-state index contributed by atoms with van der Waals surface area (Å²) in [6.45, 7) is 6.29. The number of allylic oxidation sites excluding steroid dienone is 1. The van der Waals surface area contributed by atoms with Gasteiger partial charge < -0.3 is 5.32 Å². The summed E-state index contributed by atoms with van der Waals surface area (Å²) in [4.78, 5) is 10.4. The zero-order valence-electron chi connectivity index (χ0n) is 6.90. The first-order chi connectivity index (χ1) is 4.70. The Balaban J connectivity index is 3.56. The third kappa shape index (κ3) is 4.13. The van der Waals surface area contributed by atoms with E-state index in [2.05, 4.69) is 12.2 Å². The van der Waals surface area contributed by atoms with E-state index in [1.807, 2.05) is 13.0 Å². The Bertz CT molecular complexity index is 138. The standard InChI is InChI=1S/C8H15NO/c1-4-8(5-2)6-9-7(3)10/h4H,5-6H2,1-3H3,(H,9,10)/b8-4-. The molecule has 58 valence electrons. The smallest absolute Gasteiger partial charge is 0.217 e. The van der Waals surface area contributed by atoms with E-state index in [9.17, 15) is 4.79 Å². The topological polar surface area (TPSA) is 29.1 Å². The summed E-state index contributed by atoms with van der Waals surface area (Å²) in [6, 6.07) is 0. The second-order valence-corrected chi connectivity index (χ2v) is 2.21. The molecule has 0 rings (SSSR count). The van der Waals surface area contributed by atoms with E-state index in [0.29, 0.717) is 6.54 Å². The highest BCUT2D eigenvalue weighted by Gasteiger charge is 1.92. The molecule has 2 heteroatoms. The van der Waals surface area contributed by atoms with Gasteiger partial charge in [-0.3, -0.25) is 4.79 Å². The quantitative estimate of drug-likeness (QED) is 0.592. The highest BCUT2D eigenvalue weighted by Crippen LogP contribution is 1.96. The van der Waals surface area contributed by atoms with Crippen LogP contribution in [0.15, 0.2) is 11.6 Å². The van der Waals surface area contributed by atoms with Gasteiger partial charge in [-0.2, -0.15) is 0 Å². The van der Waals surface area contributed by atoms with E-state index in [4.69, 9.17) is 0 Å². The molecular formula is C8H15NO. The Morgan fingerprint density at radius 1 is 1.60 bits per heavy atom. The van der Waals surface area contributed by atoms with E-state index < -0.39 is 0 Å². The molecule has 0 radical (unpaired) electrons. The van der Waals surface area contributed by atoms with Crippen LogP contribution in [0.3, 0.4) is 0 Å². The van der Waals surface area contributed by atoms with Crippen molar-refractivity contribution in [2.75, 3.05) is 6.54 Å². The van der Waals surface area contributed by atoms with Gasteiger partial charge in [-0.15, -0.1) is 0 Å². The van der Waals surface area contributed by atoms with Gasteiger partial charge in [-0.1, -0.05) is 18.6 Å². The first-order valence-corrected chi connectivity index (χ1v) is 3.59. The van der Waals surface area contributed by atoms with Crippen molar-refractivity contribution in [2.24, 2.45) is 0 Å². The molecule has 0 saturated heterocycles. The van der Waals surface area contributed by atoms with Crippen LogP contribution in [0.25, 0.3) is 0 Å². The number of amides is 1. The van der Waals surface area contributed by atoms with Gasteiger partial charge in [0.25, 0.3) is 0 Å². The fraction of sp³-hybridized carbons (Fsp3) is 0.625. The van der Waals surface area contributed by atoms with Gasteiger partial charge in [0.05, 0.1) is 0 Å². The monoisotopic (exact) mass is 141 g/mol. The molecule has 0 aliphatic heterocycles. The Morgan fingerprint density at radius 3 is 2.50 bits per heavy atom. The number of hydrogen-bond acceptors (Lipinski definition) is 1. The summed E-state index contributed by atoms with van der Waals surface area (Å²) < 4.78 is 0. The molecule has 10 heavy (non-hydrogen) atoms. The fourth-order valence-corrected chi connectivity index (χ4v) is 0.669. The summed E-state index contributed by atoms with van der Waals surface area (Å²) in [5, 5.41) is 2.74. The van der Waals surface area contributed by atoms with Gasteiger partial charge in [0.2, 0.25) is 5.91 Å². The second-order valence-electron chi connectivity index (χ2n) is 2.21. The molecule has 0 aromatic rings. The zero-order valence-corrected chi connectivity index (χ0v) is 6.90. The summed E-state index contributed by atoms with van der Waals surface area (Å²) in [5.41, 5.74) is 1.27. The Hall–Kier alpha value is -0.790. The van der Waals surface area contributed by atoms with Crippen molar-refractivity contribution < 1.29 is 4.79 Å². The number of carbonyl (C=O) groups excluding carboxylic acids is 1. The molecule has 0 aromatic heterocycles. The molecule has 0 atom stereocenters. The largest absolute Gasteiger partial charge is 0.353 e. The molecule has 0 spiro atoms. The maximum atomic E-state index is 10.4. The van der Waals surface area contributed by atoms with Crippen LogP contribution in [0.5, 0.6) is 0 Å². The van der Waals surface area contributed by atoms with Crippen molar-refractivity contribution >= 4 is 5.91 Å². The lowest BCUT2D eigenvalue weighted by atomic mass is 10.2. The average molecular weight is 141 g/mol. The number of rotatable bonds is 3. The Kier molecular flexibility index (Phi) is 4.63. The molecule has 1 amide bonds. The van der Waals surface area contributed by atoms with E-state index in [1.54, 1.807) is 0 Å². The van der Waals surface area contributed by atoms with Crippen LogP contribution in [0.2, 0.25) is 0 Å². The lowest BCUT2D eigenvalue weighted by Crippen LogP contribution is -2.22. The van der Waals surface area contributed by atoms with Crippen LogP contribution in [-0.2, 0) is 4.79 Å². The van der Waals surface area contributed by atoms with E-state index in [-0.39, 0.29) is 5.91 Å². The SMILES string of the molecule is C/C=C(/CC)CNC(C)=O. The van der Waals surface area contributed by atoms with Gasteiger partial charge in [0, 0.05) is 13.5 Å². The van der Waals surface area contributed by atoms with Crippen LogP contribution in [0, 0.1) is 0 Å². The van der Waals surface area contributed by atoms with Crippen molar-refractivity contribution in [3.63, 3.8) is 0 Å². The third-order valence-corrected chi connectivity index (χ3v) is 1.43. The molecular weight excluding hydrogens is 126 g/mol. The molecule has 0 aliphatic rings. The van der Waals surface area contributed by atoms with Crippen molar-refractivity contribution in [2.45, 2.75) is 27.2 Å². The maximum Gasteiger partial charge on any atom is 0.217 e. The summed E-state index contributed by atoms with van der Waals surface area (Å²) in [6.07, 6.45) is 3.05.